The Morgan fingerprint density at radius 1 is 1.04 bits per heavy atom. The number of pyridine rings is 1. The van der Waals surface area contributed by atoms with Crippen molar-refractivity contribution in [2.75, 3.05) is 6.54 Å². The number of hydrogen-bond acceptors (Lipinski definition) is 3. The third-order valence-corrected chi connectivity index (χ3v) is 4.91. The maximum Gasteiger partial charge on any atom is 0.0578 e. The van der Waals surface area contributed by atoms with E-state index in [2.05, 4.69) is 64.7 Å². The largest absolute Gasteiger partial charge is 0.290 e. The van der Waals surface area contributed by atoms with E-state index in [1.165, 1.54) is 29.7 Å². The van der Waals surface area contributed by atoms with Crippen LogP contribution in [0.3, 0.4) is 0 Å². The predicted octanol–water partition coefficient (Wildman–Crippen LogP) is 3.74. The van der Waals surface area contributed by atoms with Gasteiger partial charge in [-0.05, 0) is 37.1 Å². The summed E-state index contributed by atoms with van der Waals surface area (Å²) in [6, 6.07) is 17.5. The second kappa shape index (κ2) is 7.19. The second-order valence-electron chi connectivity index (χ2n) is 6.87. The Kier molecular flexibility index (Phi) is 4.61. The fourth-order valence-corrected chi connectivity index (χ4v) is 3.73. The highest BCUT2D eigenvalue weighted by molar-refractivity contribution is 5.24. The van der Waals surface area contributed by atoms with Gasteiger partial charge in [0, 0.05) is 37.5 Å². The van der Waals surface area contributed by atoms with Crippen LogP contribution in [-0.2, 0) is 20.0 Å². The zero-order valence-electron chi connectivity index (χ0n) is 14.7. The number of hydrogen-bond donors (Lipinski definition) is 0. The minimum absolute atomic E-state index is 0.413. The van der Waals surface area contributed by atoms with Crippen molar-refractivity contribution < 1.29 is 0 Å². The number of aromatic nitrogens is 3. The zero-order valence-corrected chi connectivity index (χ0v) is 14.7. The summed E-state index contributed by atoms with van der Waals surface area (Å²) >= 11 is 0. The maximum absolute atomic E-state index is 4.98. The van der Waals surface area contributed by atoms with Gasteiger partial charge in [0.1, 0.15) is 0 Å². The molecule has 0 N–H and O–H groups in total. The molecule has 3 aromatic rings. The van der Waals surface area contributed by atoms with Crippen LogP contribution in [0.2, 0.25) is 0 Å². The van der Waals surface area contributed by atoms with Crippen molar-refractivity contribution >= 4 is 0 Å². The van der Waals surface area contributed by atoms with E-state index in [4.69, 9.17) is 4.98 Å². The van der Waals surface area contributed by atoms with Crippen molar-refractivity contribution in [1.82, 2.24) is 19.7 Å². The van der Waals surface area contributed by atoms with E-state index in [0.717, 1.165) is 25.2 Å². The molecule has 128 valence electrons. The highest BCUT2D eigenvalue weighted by Gasteiger charge is 2.27. The summed E-state index contributed by atoms with van der Waals surface area (Å²) in [4.78, 5) is 7.52. The van der Waals surface area contributed by atoms with E-state index in [1.807, 2.05) is 17.9 Å². The van der Waals surface area contributed by atoms with Crippen LogP contribution in [0, 0.1) is 0 Å². The van der Waals surface area contributed by atoms with Crippen LogP contribution < -0.4 is 0 Å². The third-order valence-electron chi connectivity index (χ3n) is 4.91. The molecule has 1 atom stereocenters. The zero-order chi connectivity index (χ0) is 17.1. The van der Waals surface area contributed by atoms with E-state index < -0.39 is 0 Å². The van der Waals surface area contributed by atoms with Gasteiger partial charge < -0.3 is 0 Å². The monoisotopic (exact) mass is 332 g/mol. The van der Waals surface area contributed by atoms with E-state index in [-0.39, 0.29) is 0 Å². The van der Waals surface area contributed by atoms with Crippen LogP contribution in [0.25, 0.3) is 0 Å². The SMILES string of the molecule is Cn1cc(CN2CCCC2c2cccc(Cc3ccccc3)n2)cn1. The minimum atomic E-state index is 0.413. The van der Waals surface area contributed by atoms with Crippen LogP contribution in [-0.4, -0.2) is 26.2 Å². The summed E-state index contributed by atoms with van der Waals surface area (Å²) in [5, 5.41) is 4.29. The van der Waals surface area contributed by atoms with Gasteiger partial charge in [-0.15, -0.1) is 0 Å². The smallest absolute Gasteiger partial charge is 0.0578 e. The molecule has 0 saturated carbocycles. The topological polar surface area (TPSA) is 34.0 Å². The lowest BCUT2D eigenvalue weighted by atomic mass is 10.1. The lowest BCUT2D eigenvalue weighted by Gasteiger charge is -2.23. The molecule has 0 spiro atoms. The van der Waals surface area contributed by atoms with E-state index in [0.29, 0.717) is 6.04 Å². The number of likely N-dealkylation sites (tertiary alicyclic amines) is 1. The van der Waals surface area contributed by atoms with Crippen LogP contribution in [0.4, 0.5) is 0 Å². The standard InChI is InChI=1S/C21H24N4/c1-24-15-18(14-22-24)16-25-12-6-11-21(25)20-10-5-9-19(23-20)13-17-7-3-2-4-8-17/h2-5,7-10,14-15,21H,6,11-13,16H2,1H3. The number of aryl methyl sites for hydroxylation is 1. The summed E-state index contributed by atoms with van der Waals surface area (Å²) in [5.41, 5.74) is 4.94. The first kappa shape index (κ1) is 16.0. The van der Waals surface area contributed by atoms with Gasteiger partial charge in [0.05, 0.1) is 17.9 Å². The Morgan fingerprint density at radius 3 is 2.72 bits per heavy atom. The molecule has 0 aliphatic carbocycles. The van der Waals surface area contributed by atoms with Crippen LogP contribution in [0.15, 0.2) is 60.9 Å². The van der Waals surface area contributed by atoms with Crippen LogP contribution in [0.5, 0.6) is 0 Å². The van der Waals surface area contributed by atoms with Gasteiger partial charge in [0.15, 0.2) is 0 Å². The molecule has 4 nitrogen and oxygen atoms in total. The summed E-state index contributed by atoms with van der Waals surface area (Å²) in [7, 11) is 1.97. The number of rotatable bonds is 5. The molecule has 1 fully saturated rings. The Bertz CT molecular complexity index is 825. The molecule has 3 heterocycles. The highest BCUT2D eigenvalue weighted by atomic mass is 15.2. The van der Waals surface area contributed by atoms with Gasteiger partial charge in [-0.2, -0.15) is 5.10 Å². The van der Waals surface area contributed by atoms with E-state index in [1.54, 1.807) is 0 Å². The highest BCUT2D eigenvalue weighted by Crippen LogP contribution is 2.32. The Balaban J connectivity index is 1.51. The Morgan fingerprint density at radius 2 is 1.92 bits per heavy atom. The lowest BCUT2D eigenvalue weighted by molar-refractivity contribution is 0.244. The predicted molar refractivity (Wildman–Crippen MR) is 99.1 cm³/mol. The third kappa shape index (κ3) is 3.80. The normalized spacial score (nSPS) is 17.9. The molecule has 1 aromatic carbocycles. The molecular formula is C21H24N4. The molecule has 4 rings (SSSR count). The maximum atomic E-state index is 4.98. The molecule has 0 amide bonds. The van der Waals surface area contributed by atoms with Gasteiger partial charge in [-0.25, -0.2) is 0 Å². The summed E-state index contributed by atoms with van der Waals surface area (Å²) in [5.74, 6) is 0. The van der Waals surface area contributed by atoms with Gasteiger partial charge >= 0.3 is 0 Å². The number of benzene rings is 1. The number of nitrogens with zero attached hydrogens (tertiary/aromatic N) is 4. The van der Waals surface area contributed by atoms with E-state index >= 15 is 0 Å². The Hall–Kier alpha value is -2.46. The Labute approximate surface area is 149 Å². The van der Waals surface area contributed by atoms with Gasteiger partial charge in [-0.3, -0.25) is 14.6 Å². The quantitative estimate of drug-likeness (QED) is 0.714. The molecule has 0 bridgehead atoms. The molecule has 0 radical (unpaired) electrons. The molecule has 1 unspecified atom stereocenters. The average Bonchev–Trinajstić information content (AvgIpc) is 3.25. The van der Waals surface area contributed by atoms with Gasteiger partial charge in [0.2, 0.25) is 0 Å². The molecule has 25 heavy (non-hydrogen) atoms. The van der Waals surface area contributed by atoms with Crippen molar-refractivity contribution in [1.29, 1.82) is 0 Å². The van der Waals surface area contributed by atoms with Crippen LogP contribution in [0.1, 0.15) is 41.4 Å². The summed E-state index contributed by atoms with van der Waals surface area (Å²) in [6.07, 6.45) is 7.38. The van der Waals surface area contributed by atoms with Crippen molar-refractivity contribution in [2.45, 2.75) is 31.8 Å². The summed E-state index contributed by atoms with van der Waals surface area (Å²) in [6.45, 7) is 2.08. The average molecular weight is 332 g/mol. The first-order valence-corrected chi connectivity index (χ1v) is 8.99. The minimum Gasteiger partial charge on any atom is -0.290 e. The van der Waals surface area contributed by atoms with Gasteiger partial charge in [0.25, 0.3) is 0 Å². The second-order valence-corrected chi connectivity index (χ2v) is 6.87. The van der Waals surface area contributed by atoms with Gasteiger partial charge in [-0.1, -0.05) is 36.4 Å². The fourth-order valence-electron chi connectivity index (χ4n) is 3.73. The van der Waals surface area contributed by atoms with Crippen molar-refractivity contribution in [2.24, 2.45) is 7.05 Å². The molecule has 1 aliphatic heterocycles. The fraction of sp³-hybridized carbons (Fsp3) is 0.333. The van der Waals surface area contributed by atoms with Crippen molar-refractivity contribution in [3.8, 4) is 0 Å². The molecule has 2 aromatic heterocycles. The van der Waals surface area contributed by atoms with Crippen LogP contribution >= 0.6 is 0 Å². The van der Waals surface area contributed by atoms with Crippen molar-refractivity contribution in [3.05, 3.63) is 83.4 Å². The summed E-state index contributed by atoms with van der Waals surface area (Å²) < 4.78 is 1.87. The molecule has 4 heteroatoms. The molecule has 1 saturated heterocycles. The first-order chi connectivity index (χ1) is 12.3. The molecule has 1 aliphatic rings. The lowest BCUT2D eigenvalue weighted by Crippen LogP contribution is -2.23. The molecular weight excluding hydrogens is 308 g/mol. The first-order valence-electron chi connectivity index (χ1n) is 8.99. The van der Waals surface area contributed by atoms with E-state index in [9.17, 15) is 0 Å². The van der Waals surface area contributed by atoms with Crippen molar-refractivity contribution in [3.63, 3.8) is 0 Å².